The second kappa shape index (κ2) is 5.22. The van der Waals surface area contributed by atoms with Gasteiger partial charge in [0.25, 0.3) is 0 Å². The molecule has 0 saturated heterocycles. The molecule has 1 atom stereocenters. The molecule has 2 rings (SSSR count). The Morgan fingerprint density at radius 1 is 1.47 bits per heavy atom. The van der Waals surface area contributed by atoms with E-state index in [-0.39, 0.29) is 11.8 Å². The average molecular weight is 301 g/mol. The van der Waals surface area contributed by atoms with E-state index >= 15 is 0 Å². The fourth-order valence-electron chi connectivity index (χ4n) is 2.11. The second-order valence-corrected chi connectivity index (χ2v) is 8.41. The molecule has 19 heavy (non-hydrogen) atoms. The number of thiazole rings is 1. The summed E-state index contributed by atoms with van der Waals surface area (Å²) in [7, 11) is -2.95. The van der Waals surface area contributed by atoms with Gasteiger partial charge in [-0.2, -0.15) is 0 Å². The Balaban J connectivity index is 2.11. The number of fused-ring (bicyclic) bond motifs is 1. The van der Waals surface area contributed by atoms with E-state index in [1.54, 1.807) is 11.3 Å². The Labute approximate surface area is 117 Å². The Hall–Kier alpha value is -0.920. The van der Waals surface area contributed by atoms with Crippen LogP contribution >= 0.6 is 11.3 Å². The van der Waals surface area contributed by atoms with Gasteiger partial charge in [0.15, 0.2) is 4.96 Å². The van der Waals surface area contributed by atoms with Gasteiger partial charge in [-0.3, -0.25) is 4.40 Å². The van der Waals surface area contributed by atoms with E-state index in [1.807, 2.05) is 13.8 Å². The van der Waals surface area contributed by atoms with Crippen LogP contribution in [0, 0.1) is 13.8 Å². The summed E-state index contributed by atoms with van der Waals surface area (Å²) in [5.74, 6) is 0.149. The number of aromatic nitrogens is 2. The number of imidazole rings is 1. The van der Waals surface area contributed by atoms with Crippen molar-refractivity contribution in [1.29, 1.82) is 0 Å². The SMILES string of the molecule is Cc1cn2c(CNC(C)CS(C)(=O)=O)c(C)nc2s1. The number of aryl methyl sites for hydroxylation is 2. The van der Waals surface area contributed by atoms with E-state index in [1.165, 1.54) is 11.1 Å². The van der Waals surface area contributed by atoms with E-state index in [9.17, 15) is 8.42 Å². The number of nitrogens with one attached hydrogen (secondary N) is 1. The lowest BCUT2D eigenvalue weighted by atomic mass is 10.3. The summed E-state index contributed by atoms with van der Waals surface area (Å²) in [5, 5.41) is 3.25. The van der Waals surface area contributed by atoms with E-state index in [0.29, 0.717) is 6.54 Å². The highest BCUT2D eigenvalue weighted by Crippen LogP contribution is 2.20. The molecule has 7 heteroatoms. The van der Waals surface area contributed by atoms with Crippen LogP contribution in [0.4, 0.5) is 0 Å². The predicted octanol–water partition coefficient (Wildman–Crippen LogP) is 1.54. The highest BCUT2D eigenvalue weighted by Gasteiger charge is 2.14. The summed E-state index contributed by atoms with van der Waals surface area (Å²) in [6.45, 7) is 6.54. The van der Waals surface area contributed by atoms with Gasteiger partial charge in [-0.1, -0.05) is 0 Å². The molecule has 0 amide bonds. The highest BCUT2D eigenvalue weighted by molar-refractivity contribution is 7.90. The third-order valence-corrected chi connectivity index (χ3v) is 4.92. The zero-order chi connectivity index (χ0) is 14.2. The summed E-state index contributed by atoms with van der Waals surface area (Å²) in [4.78, 5) is 6.71. The minimum Gasteiger partial charge on any atom is -0.308 e. The maximum Gasteiger partial charge on any atom is 0.194 e. The monoisotopic (exact) mass is 301 g/mol. The molecule has 106 valence electrons. The molecule has 0 fully saturated rings. The van der Waals surface area contributed by atoms with Crippen LogP contribution in [-0.4, -0.2) is 35.9 Å². The third kappa shape index (κ3) is 3.55. The molecule has 0 aliphatic heterocycles. The fraction of sp³-hybridized carbons (Fsp3) is 0.583. The molecule has 5 nitrogen and oxygen atoms in total. The van der Waals surface area contributed by atoms with Crippen molar-refractivity contribution < 1.29 is 8.42 Å². The molecular weight excluding hydrogens is 282 g/mol. The highest BCUT2D eigenvalue weighted by atomic mass is 32.2. The summed E-state index contributed by atoms with van der Waals surface area (Å²) < 4.78 is 24.5. The Bertz CT molecular complexity index is 685. The van der Waals surface area contributed by atoms with Crippen molar-refractivity contribution in [2.45, 2.75) is 33.4 Å². The molecule has 0 aliphatic carbocycles. The average Bonchev–Trinajstić information content (AvgIpc) is 2.68. The van der Waals surface area contributed by atoms with Gasteiger partial charge in [0.2, 0.25) is 0 Å². The minimum absolute atomic E-state index is 0.0697. The summed E-state index contributed by atoms with van der Waals surface area (Å²) >= 11 is 1.66. The van der Waals surface area contributed by atoms with Crippen molar-refractivity contribution in [1.82, 2.24) is 14.7 Å². The van der Waals surface area contributed by atoms with E-state index in [2.05, 4.69) is 27.8 Å². The standard InChI is InChI=1S/C12H19N3O2S2/c1-8(7-19(4,16)17)13-5-11-10(3)14-12-15(11)6-9(2)18-12/h6,8,13H,5,7H2,1-4H3. The lowest BCUT2D eigenvalue weighted by molar-refractivity contribution is 0.554. The first kappa shape index (κ1) is 14.5. The van der Waals surface area contributed by atoms with Crippen molar-refractivity contribution in [3.05, 3.63) is 22.5 Å². The molecule has 0 bridgehead atoms. The normalized spacial score (nSPS) is 14.1. The number of hydrogen-bond acceptors (Lipinski definition) is 5. The molecule has 0 saturated carbocycles. The Kier molecular flexibility index (Phi) is 3.98. The zero-order valence-corrected chi connectivity index (χ0v) is 13.2. The van der Waals surface area contributed by atoms with Gasteiger partial charge in [0.05, 0.1) is 17.1 Å². The van der Waals surface area contributed by atoms with Crippen LogP contribution in [0.25, 0.3) is 4.96 Å². The lowest BCUT2D eigenvalue weighted by Crippen LogP contribution is -2.32. The number of rotatable bonds is 5. The molecule has 0 spiro atoms. The smallest absolute Gasteiger partial charge is 0.194 e. The van der Waals surface area contributed by atoms with Gasteiger partial charge in [0.1, 0.15) is 9.84 Å². The summed E-state index contributed by atoms with van der Waals surface area (Å²) in [6.07, 6.45) is 3.33. The first-order valence-corrected chi connectivity index (χ1v) is 8.99. The molecule has 0 aromatic carbocycles. The van der Waals surface area contributed by atoms with E-state index in [4.69, 9.17) is 0 Å². The van der Waals surface area contributed by atoms with Gasteiger partial charge < -0.3 is 5.32 Å². The Morgan fingerprint density at radius 3 is 2.79 bits per heavy atom. The molecule has 1 N–H and O–H groups in total. The van der Waals surface area contributed by atoms with Crippen LogP contribution in [0.2, 0.25) is 0 Å². The van der Waals surface area contributed by atoms with Gasteiger partial charge in [-0.05, 0) is 20.8 Å². The van der Waals surface area contributed by atoms with Crippen molar-refractivity contribution >= 4 is 26.1 Å². The topological polar surface area (TPSA) is 63.5 Å². The third-order valence-electron chi connectivity index (χ3n) is 2.91. The minimum atomic E-state index is -2.95. The first-order valence-electron chi connectivity index (χ1n) is 6.11. The van der Waals surface area contributed by atoms with Crippen molar-refractivity contribution in [3.63, 3.8) is 0 Å². The van der Waals surface area contributed by atoms with Crippen LogP contribution < -0.4 is 5.32 Å². The second-order valence-electron chi connectivity index (χ2n) is 5.01. The molecule has 2 heterocycles. The molecule has 0 aliphatic rings. The van der Waals surface area contributed by atoms with Crippen LogP contribution in [0.5, 0.6) is 0 Å². The molecule has 1 unspecified atom stereocenters. The van der Waals surface area contributed by atoms with E-state index < -0.39 is 9.84 Å². The lowest BCUT2D eigenvalue weighted by Gasteiger charge is -2.12. The van der Waals surface area contributed by atoms with Gasteiger partial charge in [-0.15, -0.1) is 11.3 Å². The maximum absolute atomic E-state index is 11.2. The van der Waals surface area contributed by atoms with Gasteiger partial charge in [0, 0.05) is 29.9 Å². The number of nitrogens with zero attached hydrogens (tertiary/aromatic N) is 2. The summed E-state index contributed by atoms with van der Waals surface area (Å²) in [6, 6.07) is -0.0697. The fourth-order valence-corrected chi connectivity index (χ4v) is 4.02. The van der Waals surface area contributed by atoms with Crippen LogP contribution in [0.1, 0.15) is 23.2 Å². The van der Waals surface area contributed by atoms with Gasteiger partial charge >= 0.3 is 0 Å². The predicted molar refractivity (Wildman–Crippen MR) is 78.6 cm³/mol. The van der Waals surface area contributed by atoms with Crippen LogP contribution in [-0.2, 0) is 16.4 Å². The number of sulfone groups is 1. The molecule has 2 aromatic heterocycles. The Morgan fingerprint density at radius 2 is 2.16 bits per heavy atom. The molecular formula is C12H19N3O2S2. The molecule has 0 radical (unpaired) electrons. The zero-order valence-electron chi connectivity index (χ0n) is 11.6. The first-order chi connectivity index (χ1) is 8.76. The van der Waals surface area contributed by atoms with Crippen LogP contribution in [0.15, 0.2) is 6.20 Å². The van der Waals surface area contributed by atoms with Crippen molar-refractivity contribution in [2.24, 2.45) is 0 Å². The van der Waals surface area contributed by atoms with Crippen LogP contribution in [0.3, 0.4) is 0 Å². The maximum atomic E-state index is 11.2. The quantitative estimate of drug-likeness (QED) is 0.910. The van der Waals surface area contributed by atoms with Gasteiger partial charge in [-0.25, -0.2) is 13.4 Å². The number of hydrogen-bond donors (Lipinski definition) is 1. The van der Waals surface area contributed by atoms with Crippen molar-refractivity contribution in [2.75, 3.05) is 12.0 Å². The van der Waals surface area contributed by atoms with E-state index in [0.717, 1.165) is 16.3 Å². The largest absolute Gasteiger partial charge is 0.308 e. The summed E-state index contributed by atoms with van der Waals surface area (Å²) in [5.41, 5.74) is 2.09. The molecule has 2 aromatic rings. The van der Waals surface area contributed by atoms with Crippen molar-refractivity contribution in [3.8, 4) is 0 Å².